The molecule has 146 valence electrons. The zero-order valence-electron chi connectivity index (χ0n) is 15.1. The number of carbonyl (C=O) groups excluding carboxylic acids is 2. The minimum atomic E-state index is -0.784. The van der Waals surface area contributed by atoms with Crippen molar-refractivity contribution in [3.63, 3.8) is 0 Å². The quantitative estimate of drug-likeness (QED) is 0.485. The summed E-state index contributed by atoms with van der Waals surface area (Å²) in [6, 6.07) is 18.1. The van der Waals surface area contributed by atoms with E-state index in [1.54, 1.807) is 12.1 Å². The third kappa shape index (κ3) is 5.23. The van der Waals surface area contributed by atoms with Crippen LogP contribution < -0.4 is 10.6 Å². The Hall–Kier alpha value is -4.07. The number of hydrogen-bond acceptors (Lipinski definition) is 4. The first-order chi connectivity index (χ1) is 13.9. The lowest BCUT2D eigenvalue weighted by molar-refractivity contribution is -0.384. The monoisotopic (exact) mass is 393 g/mol. The number of carbonyl (C=O) groups is 2. The molecule has 2 N–H and O–H groups in total. The molecule has 8 heteroatoms. The number of nitrogens with one attached hydrogen (secondary N) is 2. The average Bonchev–Trinajstić information content (AvgIpc) is 2.70. The molecule has 0 aliphatic rings. The van der Waals surface area contributed by atoms with Crippen LogP contribution in [0.5, 0.6) is 0 Å². The van der Waals surface area contributed by atoms with Gasteiger partial charge in [0.1, 0.15) is 5.82 Å². The lowest BCUT2D eigenvalue weighted by Gasteiger charge is -2.08. The molecule has 3 aromatic carbocycles. The van der Waals surface area contributed by atoms with Crippen molar-refractivity contribution in [2.24, 2.45) is 0 Å². The number of non-ortho nitro benzene ring substituents is 1. The van der Waals surface area contributed by atoms with Crippen molar-refractivity contribution < 1.29 is 18.9 Å². The molecule has 7 nitrogen and oxygen atoms in total. The fourth-order valence-electron chi connectivity index (χ4n) is 2.61. The first-order valence-electron chi connectivity index (χ1n) is 8.61. The standard InChI is InChI=1S/C21H16FN3O4/c22-18-11-10-17(25(28)29)13-19(18)24-21(27)15-6-8-16(9-7-15)23-20(26)12-14-4-2-1-3-5-14/h1-11,13H,12H2,(H,23,26)(H,24,27). The maximum Gasteiger partial charge on any atom is 0.271 e. The number of amides is 2. The summed E-state index contributed by atoms with van der Waals surface area (Å²) >= 11 is 0. The molecule has 0 spiro atoms. The molecule has 0 aliphatic heterocycles. The summed E-state index contributed by atoms with van der Waals surface area (Å²) in [4.78, 5) is 34.5. The molecular weight excluding hydrogens is 377 g/mol. The molecule has 29 heavy (non-hydrogen) atoms. The van der Waals surface area contributed by atoms with E-state index < -0.39 is 16.6 Å². The Balaban J connectivity index is 1.64. The second kappa shape index (κ2) is 8.75. The predicted octanol–water partition coefficient (Wildman–Crippen LogP) is 4.17. The number of nitro groups is 1. The molecular formula is C21H16FN3O4. The van der Waals surface area contributed by atoms with Crippen LogP contribution in [0.25, 0.3) is 0 Å². The second-order valence-corrected chi connectivity index (χ2v) is 6.16. The van der Waals surface area contributed by atoms with E-state index in [2.05, 4.69) is 10.6 Å². The Labute approximate surface area is 165 Å². The molecule has 0 bridgehead atoms. The molecule has 3 aromatic rings. The molecule has 2 amide bonds. The summed E-state index contributed by atoms with van der Waals surface area (Å²) in [5.41, 5.74) is 0.962. The van der Waals surface area contributed by atoms with Gasteiger partial charge in [-0.3, -0.25) is 19.7 Å². The lowest BCUT2D eigenvalue weighted by atomic mass is 10.1. The fourth-order valence-corrected chi connectivity index (χ4v) is 2.61. The molecule has 0 saturated carbocycles. The van der Waals surface area contributed by atoms with Gasteiger partial charge in [-0.25, -0.2) is 4.39 Å². The minimum absolute atomic E-state index is 0.202. The predicted molar refractivity (Wildman–Crippen MR) is 106 cm³/mol. The highest BCUT2D eigenvalue weighted by atomic mass is 19.1. The van der Waals surface area contributed by atoms with Gasteiger partial charge >= 0.3 is 0 Å². The van der Waals surface area contributed by atoms with Gasteiger partial charge in [0.05, 0.1) is 17.0 Å². The summed E-state index contributed by atoms with van der Waals surface area (Å²) in [6.45, 7) is 0. The van der Waals surface area contributed by atoms with Crippen molar-refractivity contribution in [2.75, 3.05) is 10.6 Å². The highest BCUT2D eigenvalue weighted by molar-refractivity contribution is 6.05. The van der Waals surface area contributed by atoms with Crippen molar-refractivity contribution in [1.82, 2.24) is 0 Å². The Morgan fingerprint density at radius 1 is 0.931 bits per heavy atom. The smallest absolute Gasteiger partial charge is 0.271 e. The van der Waals surface area contributed by atoms with Gasteiger partial charge in [0.2, 0.25) is 5.91 Å². The van der Waals surface area contributed by atoms with Crippen LogP contribution in [0.2, 0.25) is 0 Å². The summed E-state index contributed by atoms with van der Waals surface area (Å²) in [5.74, 6) is -1.62. The van der Waals surface area contributed by atoms with Crippen LogP contribution in [0.4, 0.5) is 21.5 Å². The summed E-state index contributed by atoms with van der Waals surface area (Å²) < 4.78 is 13.8. The Bertz CT molecular complexity index is 1050. The molecule has 0 atom stereocenters. The van der Waals surface area contributed by atoms with Gasteiger partial charge in [0.25, 0.3) is 11.6 Å². The van der Waals surface area contributed by atoms with Gasteiger partial charge in [-0.15, -0.1) is 0 Å². The third-order valence-corrected chi connectivity index (χ3v) is 4.05. The highest BCUT2D eigenvalue weighted by Gasteiger charge is 2.14. The van der Waals surface area contributed by atoms with Gasteiger partial charge in [-0.2, -0.15) is 0 Å². The normalized spacial score (nSPS) is 10.2. The third-order valence-electron chi connectivity index (χ3n) is 4.05. The van der Waals surface area contributed by atoms with E-state index in [1.165, 1.54) is 12.1 Å². The molecule has 0 radical (unpaired) electrons. The summed E-state index contributed by atoms with van der Waals surface area (Å²) in [6.07, 6.45) is 0.217. The first-order valence-corrected chi connectivity index (χ1v) is 8.61. The van der Waals surface area contributed by atoms with Gasteiger partial charge in [0.15, 0.2) is 0 Å². The van der Waals surface area contributed by atoms with Crippen molar-refractivity contribution in [3.05, 3.63) is 99.9 Å². The van der Waals surface area contributed by atoms with E-state index in [9.17, 15) is 24.1 Å². The van der Waals surface area contributed by atoms with E-state index in [4.69, 9.17) is 0 Å². The van der Waals surface area contributed by atoms with Crippen LogP contribution in [-0.4, -0.2) is 16.7 Å². The molecule has 3 rings (SSSR count). The largest absolute Gasteiger partial charge is 0.326 e. The summed E-state index contributed by atoms with van der Waals surface area (Å²) in [7, 11) is 0. The van der Waals surface area contributed by atoms with Crippen LogP contribution >= 0.6 is 0 Å². The molecule has 0 aliphatic carbocycles. The summed E-state index contributed by atoms with van der Waals surface area (Å²) in [5, 5.41) is 15.8. The number of benzene rings is 3. The van der Waals surface area contributed by atoms with Crippen LogP contribution in [-0.2, 0) is 11.2 Å². The van der Waals surface area contributed by atoms with Crippen LogP contribution in [0.3, 0.4) is 0 Å². The maximum absolute atomic E-state index is 13.8. The fraction of sp³-hybridized carbons (Fsp3) is 0.0476. The number of rotatable bonds is 6. The molecule has 0 heterocycles. The van der Waals surface area contributed by atoms with Crippen molar-refractivity contribution in [1.29, 1.82) is 0 Å². The van der Waals surface area contributed by atoms with Gasteiger partial charge in [-0.05, 0) is 35.9 Å². The Kier molecular flexibility index (Phi) is 5.94. The Morgan fingerprint density at radius 2 is 1.62 bits per heavy atom. The first kappa shape index (κ1) is 19.7. The topological polar surface area (TPSA) is 101 Å². The van der Waals surface area contributed by atoms with E-state index >= 15 is 0 Å². The zero-order valence-corrected chi connectivity index (χ0v) is 15.1. The number of halogens is 1. The number of nitrogens with zero attached hydrogens (tertiary/aromatic N) is 1. The molecule has 0 aromatic heterocycles. The van der Waals surface area contributed by atoms with Gasteiger partial charge in [-0.1, -0.05) is 30.3 Å². The number of hydrogen-bond donors (Lipinski definition) is 2. The minimum Gasteiger partial charge on any atom is -0.326 e. The van der Waals surface area contributed by atoms with Gasteiger partial charge in [0, 0.05) is 23.4 Å². The number of nitro benzene ring substituents is 1. The van der Waals surface area contributed by atoms with Crippen molar-refractivity contribution in [2.45, 2.75) is 6.42 Å². The van der Waals surface area contributed by atoms with E-state index in [0.29, 0.717) is 5.69 Å². The number of anilines is 2. The molecule has 0 unspecified atom stereocenters. The Morgan fingerprint density at radius 3 is 2.28 bits per heavy atom. The second-order valence-electron chi connectivity index (χ2n) is 6.16. The van der Waals surface area contributed by atoms with E-state index in [1.807, 2.05) is 30.3 Å². The van der Waals surface area contributed by atoms with Crippen molar-refractivity contribution in [3.8, 4) is 0 Å². The molecule has 0 saturated heterocycles. The van der Waals surface area contributed by atoms with Crippen molar-refractivity contribution >= 4 is 28.9 Å². The van der Waals surface area contributed by atoms with Crippen LogP contribution in [0.1, 0.15) is 15.9 Å². The average molecular weight is 393 g/mol. The highest BCUT2D eigenvalue weighted by Crippen LogP contribution is 2.22. The van der Waals surface area contributed by atoms with E-state index in [-0.39, 0.29) is 29.3 Å². The SMILES string of the molecule is O=C(Cc1ccccc1)Nc1ccc(C(=O)Nc2cc([N+](=O)[O-])ccc2F)cc1. The van der Waals surface area contributed by atoms with Crippen LogP contribution in [0.15, 0.2) is 72.8 Å². The lowest BCUT2D eigenvalue weighted by Crippen LogP contribution is -2.15. The van der Waals surface area contributed by atoms with Crippen LogP contribution in [0, 0.1) is 15.9 Å². The van der Waals surface area contributed by atoms with Gasteiger partial charge < -0.3 is 10.6 Å². The van der Waals surface area contributed by atoms with E-state index in [0.717, 1.165) is 23.8 Å². The zero-order chi connectivity index (χ0) is 20.8. The maximum atomic E-state index is 13.8. The molecule has 0 fully saturated rings.